The molecule has 4 aromatic rings. The van der Waals surface area contributed by atoms with E-state index in [1.54, 1.807) is 0 Å². The molecule has 3 aromatic carbocycles. The predicted molar refractivity (Wildman–Crippen MR) is 188 cm³/mol. The van der Waals surface area contributed by atoms with Gasteiger partial charge in [0, 0.05) is 68.2 Å². The molecule has 1 N–H and O–H groups in total. The number of thiophene rings is 1. The Labute approximate surface area is 272 Å². The first-order valence-electron chi connectivity index (χ1n) is 16.4. The molecule has 1 aromatic heterocycles. The number of hydrogen-bond acceptors (Lipinski definition) is 4. The summed E-state index contributed by atoms with van der Waals surface area (Å²) in [6.07, 6.45) is 26.8. The van der Waals surface area contributed by atoms with E-state index < -0.39 is 5.41 Å². The molecule has 0 saturated carbocycles. The Morgan fingerprint density at radius 3 is 2.67 bits per heavy atom. The zero-order valence-electron chi connectivity index (χ0n) is 25.4. The summed E-state index contributed by atoms with van der Waals surface area (Å²) in [5.74, 6) is 2.42. The summed E-state index contributed by atoms with van der Waals surface area (Å²) in [5.41, 5.74) is 7.20. The van der Waals surface area contributed by atoms with E-state index in [2.05, 4.69) is 139 Å². The number of dihydropyridines is 1. The van der Waals surface area contributed by atoms with Crippen LogP contribution in [0.2, 0.25) is 0 Å². The number of fused-ring (bicyclic) bond motifs is 10. The summed E-state index contributed by atoms with van der Waals surface area (Å²) in [7, 11) is 0. The fourth-order valence-corrected chi connectivity index (χ4v) is 9.93. The summed E-state index contributed by atoms with van der Waals surface area (Å²) in [5, 5.41) is 6.28. The second-order valence-corrected chi connectivity index (χ2v) is 14.1. The third kappa shape index (κ3) is 3.71. The normalized spacial score (nSPS) is 28.7. The Hall–Kier alpha value is -4.80. The third-order valence-electron chi connectivity index (χ3n) is 10.7. The highest BCUT2D eigenvalue weighted by Gasteiger charge is 2.58. The zero-order valence-corrected chi connectivity index (χ0v) is 26.2. The molecule has 0 radical (unpaired) electrons. The average molecular weight is 616 g/mol. The molecule has 5 atom stereocenters. The molecular weight excluding hydrogens is 583 g/mol. The van der Waals surface area contributed by atoms with Crippen LogP contribution in [0, 0.1) is 5.92 Å². The van der Waals surface area contributed by atoms with E-state index >= 15 is 0 Å². The van der Waals surface area contributed by atoms with Crippen LogP contribution in [0.3, 0.4) is 0 Å². The van der Waals surface area contributed by atoms with Gasteiger partial charge in [-0.2, -0.15) is 0 Å². The van der Waals surface area contributed by atoms with Gasteiger partial charge in [-0.1, -0.05) is 103 Å². The van der Waals surface area contributed by atoms with Crippen LogP contribution in [0.15, 0.2) is 162 Å². The van der Waals surface area contributed by atoms with Crippen LogP contribution in [0.25, 0.3) is 20.2 Å². The molecule has 4 heteroatoms. The van der Waals surface area contributed by atoms with E-state index in [-0.39, 0.29) is 24.0 Å². The summed E-state index contributed by atoms with van der Waals surface area (Å²) in [4.78, 5) is 0. The highest BCUT2D eigenvalue weighted by Crippen LogP contribution is 2.61. The SMILES string of the molecule is C1=CCNC(C2=CC3Oc4ccccc4C4(C5=CC=CCC5OC5=C4C=CC(c4cccc6sc7ccccc7c46)C5)C3C=C2)=C1. The highest BCUT2D eigenvalue weighted by atomic mass is 32.1. The lowest BCUT2D eigenvalue weighted by Gasteiger charge is -2.55. The van der Waals surface area contributed by atoms with Gasteiger partial charge in [0.2, 0.25) is 0 Å². The van der Waals surface area contributed by atoms with Crippen LogP contribution in [0.1, 0.15) is 29.9 Å². The van der Waals surface area contributed by atoms with Crippen LogP contribution < -0.4 is 10.1 Å². The summed E-state index contributed by atoms with van der Waals surface area (Å²) < 4.78 is 16.6. The number of benzene rings is 3. The van der Waals surface area contributed by atoms with Crippen LogP contribution >= 0.6 is 11.3 Å². The molecule has 5 unspecified atom stereocenters. The molecular formula is C42H33NO2S. The highest BCUT2D eigenvalue weighted by molar-refractivity contribution is 7.25. The first-order valence-corrected chi connectivity index (χ1v) is 17.2. The summed E-state index contributed by atoms with van der Waals surface area (Å²) >= 11 is 1.89. The lowest BCUT2D eigenvalue weighted by atomic mass is 9.53. The Kier molecular flexibility index (Phi) is 5.80. The molecule has 3 aliphatic carbocycles. The Morgan fingerprint density at radius 2 is 1.72 bits per heavy atom. The molecule has 6 aliphatic rings. The van der Waals surface area contributed by atoms with E-state index in [1.807, 2.05) is 11.3 Å². The molecule has 10 rings (SSSR count). The number of ether oxygens (including phenoxy) is 2. The van der Waals surface area contributed by atoms with E-state index in [1.165, 1.54) is 48.0 Å². The van der Waals surface area contributed by atoms with Crippen molar-refractivity contribution in [2.45, 2.75) is 36.4 Å². The molecule has 3 nitrogen and oxygen atoms in total. The van der Waals surface area contributed by atoms with Gasteiger partial charge in [-0.3, -0.25) is 0 Å². The van der Waals surface area contributed by atoms with Crippen LogP contribution in [-0.2, 0) is 10.2 Å². The summed E-state index contributed by atoms with van der Waals surface area (Å²) in [6, 6.07) is 24.4. The van der Waals surface area contributed by atoms with Crippen LogP contribution in [-0.4, -0.2) is 18.8 Å². The molecule has 224 valence electrons. The number of rotatable bonds is 2. The molecule has 0 amide bonds. The predicted octanol–water partition coefficient (Wildman–Crippen LogP) is 9.49. The van der Waals surface area contributed by atoms with E-state index in [0.29, 0.717) is 0 Å². The number of para-hydroxylation sites is 1. The molecule has 46 heavy (non-hydrogen) atoms. The summed E-state index contributed by atoms with van der Waals surface area (Å²) in [6.45, 7) is 0.841. The van der Waals surface area contributed by atoms with Gasteiger partial charge in [-0.15, -0.1) is 11.3 Å². The molecule has 0 bridgehead atoms. The van der Waals surface area contributed by atoms with Crippen molar-refractivity contribution in [3.8, 4) is 5.75 Å². The topological polar surface area (TPSA) is 30.5 Å². The molecule has 1 spiro atoms. The minimum atomic E-state index is -0.391. The first-order chi connectivity index (χ1) is 22.8. The quantitative estimate of drug-likeness (QED) is 0.244. The van der Waals surface area contributed by atoms with E-state index in [0.717, 1.165) is 36.6 Å². The van der Waals surface area contributed by atoms with Crippen molar-refractivity contribution in [2.75, 3.05) is 6.54 Å². The molecule has 0 fully saturated rings. The number of allylic oxidation sites excluding steroid dienone is 9. The number of hydrogen-bond donors (Lipinski definition) is 1. The largest absolute Gasteiger partial charge is 0.490 e. The fraction of sp³-hybridized carbons (Fsp3) is 0.190. The minimum absolute atomic E-state index is 0.00731. The van der Waals surface area contributed by atoms with Gasteiger partial charge in [0.25, 0.3) is 0 Å². The van der Waals surface area contributed by atoms with Gasteiger partial charge in [0.1, 0.15) is 23.7 Å². The van der Waals surface area contributed by atoms with Crippen molar-refractivity contribution in [3.05, 3.63) is 173 Å². The van der Waals surface area contributed by atoms with Crippen LogP contribution in [0.5, 0.6) is 5.75 Å². The van der Waals surface area contributed by atoms with E-state index in [4.69, 9.17) is 9.47 Å². The first kappa shape index (κ1) is 26.4. The van der Waals surface area contributed by atoms with Gasteiger partial charge in [-0.05, 0) is 47.1 Å². The average Bonchev–Trinajstić information content (AvgIpc) is 3.50. The van der Waals surface area contributed by atoms with Crippen molar-refractivity contribution in [2.24, 2.45) is 5.92 Å². The molecule has 0 saturated heterocycles. The van der Waals surface area contributed by atoms with Gasteiger partial charge in [0.05, 0.1) is 5.41 Å². The second kappa shape index (κ2) is 10.1. The monoisotopic (exact) mass is 615 g/mol. The zero-order chi connectivity index (χ0) is 30.2. The van der Waals surface area contributed by atoms with Gasteiger partial charge >= 0.3 is 0 Å². The van der Waals surface area contributed by atoms with Crippen molar-refractivity contribution in [1.82, 2.24) is 5.32 Å². The lowest BCUT2D eigenvalue weighted by molar-refractivity contribution is 0.0674. The van der Waals surface area contributed by atoms with E-state index in [9.17, 15) is 0 Å². The van der Waals surface area contributed by atoms with Gasteiger partial charge < -0.3 is 14.8 Å². The maximum Gasteiger partial charge on any atom is 0.126 e. The minimum Gasteiger partial charge on any atom is -0.490 e. The van der Waals surface area contributed by atoms with Gasteiger partial charge in [-0.25, -0.2) is 0 Å². The van der Waals surface area contributed by atoms with Crippen LogP contribution in [0.4, 0.5) is 0 Å². The van der Waals surface area contributed by atoms with Gasteiger partial charge in [0.15, 0.2) is 0 Å². The maximum absolute atomic E-state index is 7.07. The second-order valence-electron chi connectivity index (χ2n) is 13.0. The van der Waals surface area contributed by atoms with Crippen molar-refractivity contribution in [1.29, 1.82) is 0 Å². The Bertz CT molecular complexity index is 2200. The maximum atomic E-state index is 7.07. The Balaban J connectivity index is 1.15. The lowest BCUT2D eigenvalue weighted by Crippen LogP contribution is -2.54. The van der Waals surface area contributed by atoms with Crippen molar-refractivity contribution < 1.29 is 9.47 Å². The third-order valence-corrected chi connectivity index (χ3v) is 11.8. The smallest absolute Gasteiger partial charge is 0.126 e. The fourth-order valence-electron chi connectivity index (χ4n) is 8.79. The number of nitrogens with one attached hydrogen (secondary N) is 1. The van der Waals surface area contributed by atoms with Crippen molar-refractivity contribution in [3.63, 3.8) is 0 Å². The molecule has 4 heterocycles. The standard InChI is InChI=1S/C42H33NO2S/c1-6-17-39-29(10-1)41-28(11-9-18-40(41)46-39)26-19-21-32-37(24-26)44-35-15-4-2-12-30(35)42(32)31-13-3-5-16-36(31)45-38-25-27(20-22-33(38)42)34-14-7-8-23-43-34/h1-14,16-22,25-26,33,35,38,43H,15,23-24H2. The molecule has 3 aliphatic heterocycles. The Morgan fingerprint density at radius 1 is 0.826 bits per heavy atom. The van der Waals surface area contributed by atoms with Crippen molar-refractivity contribution >= 4 is 31.5 Å².